The zero-order valence-electron chi connectivity index (χ0n) is 56.9. The second kappa shape index (κ2) is 76.2. The molecular formula is C83H134O5. The fraction of sp³-hybridized carbons (Fsp3) is 0.614. The topological polar surface area (TPSA) is 72.8 Å². The fourth-order valence-corrected chi connectivity index (χ4v) is 9.85. The Morgan fingerprint density at radius 3 is 0.682 bits per heavy atom. The fourth-order valence-electron chi connectivity index (χ4n) is 9.85. The Hall–Kier alpha value is -5.00. The van der Waals surface area contributed by atoms with Crippen molar-refractivity contribution in [3.05, 3.63) is 182 Å². The third-order valence-electron chi connectivity index (χ3n) is 15.2. The number of hydrogen-bond acceptors (Lipinski definition) is 5. The summed E-state index contributed by atoms with van der Waals surface area (Å²) in [6, 6.07) is 0. The number of unbranched alkanes of at least 4 members (excludes halogenated alkanes) is 27. The van der Waals surface area contributed by atoms with E-state index < -0.39 is 6.10 Å². The van der Waals surface area contributed by atoms with Crippen LogP contribution in [-0.4, -0.2) is 36.4 Å². The number of aliphatic hydroxyl groups excluding tert-OH is 1. The van der Waals surface area contributed by atoms with Gasteiger partial charge in [-0.25, -0.2) is 0 Å². The zero-order chi connectivity index (χ0) is 63.3. The molecule has 0 fully saturated rings. The van der Waals surface area contributed by atoms with Crippen molar-refractivity contribution in [1.29, 1.82) is 0 Å². The molecule has 5 heteroatoms. The number of ether oxygens (including phenoxy) is 2. The summed E-state index contributed by atoms with van der Waals surface area (Å²) in [4.78, 5) is 24.7. The van der Waals surface area contributed by atoms with E-state index in [1.165, 1.54) is 128 Å². The van der Waals surface area contributed by atoms with E-state index in [0.29, 0.717) is 12.8 Å². The first-order valence-electron chi connectivity index (χ1n) is 36.3. The summed E-state index contributed by atoms with van der Waals surface area (Å²) in [7, 11) is 0. The van der Waals surface area contributed by atoms with Gasteiger partial charge in [0.1, 0.15) is 6.61 Å². The molecule has 0 spiro atoms. The molecule has 88 heavy (non-hydrogen) atoms. The van der Waals surface area contributed by atoms with Gasteiger partial charge in [0.2, 0.25) is 0 Å². The van der Waals surface area contributed by atoms with Gasteiger partial charge in [-0.2, -0.15) is 0 Å². The first-order valence-corrected chi connectivity index (χ1v) is 36.3. The van der Waals surface area contributed by atoms with Gasteiger partial charge in [0, 0.05) is 12.8 Å². The molecule has 1 unspecified atom stereocenters. The Kier molecular flexibility index (Phi) is 71.9. The Bertz CT molecular complexity index is 1960. The van der Waals surface area contributed by atoms with Gasteiger partial charge >= 0.3 is 11.9 Å². The summed E-state index contributed by atoms with van der Waals surface area (Å²) in [6.07, 6.45) is 119. The predicted molar refractivity (Wildman–Crippen MR) is 389 cm³/mol. The average molecular weight is 1210 g/mol. The van der Waals surface area contributed by atoms with Gasteiger partial charge in [-0.15, -0.1) is 0 Å². The molecule has 0 saturated carbocycles. The van der Waals surface area contributed by atoms with Crippen molar-refractivity contribution in [2.45, 2.75) is 315 Å². The molecule has 1 N–H and O–H groups in total. The Labute approximate surface area is 544 Å². The van der Waals surface area contributed by atoms with Crippen LogP contribution in [-0.2, 0) is 19.1 Å². The van der Waals surface area contributed by atoms with Gasteiger partial charge in [0.25, 0.3) is 0 Å². The van der Waals surface area contributed by atoms with Gasteiger partial charge < -0.3 is 14.6 Å². The van der Waals surface area contributed by atoms with Gasteiger partial charge in [-0.3, -0.25) is 9.59 Å². The summed E-state index contributed by atoms with van der Waals surface area (Å²) in [6.45, 7) is 3.91. The molecule has 0 aliphatic carbocycles. The van der Waals surface area contributed by atoms with Crippen molar-refractivity contribution < 1.29 is 24.2 Å². The number of rotatable bonds is 65. The molecule has 0 aromatic rings. The Balaban J connectivity index is 3.56. The highest BCUT2D eigenvalue weighted by Crippen LogP contribution is 2.17. The third-order valence-corrected chi connectivity index (χ3v) is 15.2. The van der Waals surface area contributed by atoms with E-state index in [-0.39, 0.29) is 25.2 Å². The van der Waals surface area contributed by atoms with Gasteiger partial charge in [0.05, 0.1) is 6.61 Å². The van der Waals surface area contributed by atoms with Crippen LogP contribution in [0.5, 0.6) is 0 Å². The summed E-state index contributed by atoms with van der Waals surface area (Å²) in [5, 5.41) is 9.71. The number of aliphatic hydroxyl groups is 1. The second-order valence-electron chi connectivity index (χ2n) is 23.6. The van der Waals surface area contributed by atoms with E-state index in [2.05, 4.69) is 196 Å². The quantitative estimate of drug-likeness (QED) is 0.0373. The normalized spacial score (nSPS) is 13.4. The maximum atomic E-state index is 12.4. The lowest BCUT2D eigenvalue weighted by molar-refractivity contribution is -0.161. The van der Waals surface area contributed by atoms with Gasteiger partial charge in [-0.1, -0.05) is 344 Å². The van der Waals surface area contributed by atoms with Crippen molar-refractivity contribution in [3.8, 4) is 0 Å². The van der Waals surface area contributed by atoms with Crippen LogP contribution in [0.1, 0.15) is 309 Å². The largest absolute Gasteiger partial charge is 0.462 e. The minimum absolute atomic E-state index is 0.0814. The molecule has 496 valence electrons. The van der Waals surface area contributed by atoms with Crippen molar-refractivity contribution >= 4 is 11.9 Å². The maximum Gasteiger partial charge on any atom is 0.306 e. The number of carbonyl (C=O) groups is 2. The molecule has 0 heterocycles. The van der Waals surface area contributed by atoms with Crippen LogP contribution in [0.25, 0.3) is 0 Å². The minimum atomic E-state index is -0.796. The Morgan fingerprint density at radius 1 is 0.261 bits per heavy atom. The van der Waals surface area contributed by atoms with Crippen molar-refractivity contribution in [3.63, 3.8) is 0 Å². The van der Waals surface area contributed by atoms with Crippen LogP contribution < -0.4 is 0 Å². The number of hydrogen-bond donors (Lipinski definition) is 1. The van der Waals surface area contributed by atoms with Crippen molar-refractivity contribution in [1.82, 2.24) is 0 Å². The van der Waals surface area contributed by atoms with Gasteiger partial charge in [0.15, 0.2) is 6.10 Å². The molecule has 0 amide bonds. The number of esters is 2. The van der Waals surface area contributed by atoms with Crippen LogP contribution in [0.4, 0.5) is 0 Å². The zero-order valence-corrected chi connectivity index (χ0v) is 56.9. The molecule has 0 bridgehead atoms. The van der Waals surface area contributed by atoms with E-state index in [1.54, 1.807) is 0 Å². The number of carbonyl (C=O) groups excluding carboxylic acids is 2. The molecule has 0 rings (SSSR count). The third kappa shape index (κ3) is 73.5. The molecule has 0 aromatic carbocycles. The van der Waals surface area contributed by atoms with Crippen molar-refractivity contribution in [2.24, 2.45) is 0 Å². The van der Waals surface area contributed by atoms with Crippen LogP contribution in [0.15, 0.2) is 182 Å². The first kappa shape index (κ1) is 83.0. The summed E-state index contributed by atoms with van der Waals surface area (Å²) in [5.74, 6) is -0.614. The van der Waals surface area contributed by atoms with E-state index in [1.807, 2.05) is 0 Å². The molecule has 0 saturated heterocycles. The van der Waals surface area contributed by atoms with E-state index in [9.17, 15) is 14.7 Å². The predicted octanol–water partition coefficient (Wildman–Crippen LogP) is 25.8. The molecular weight excluding hydrogens is 1080 g/mol. The standard InChI is InChI=1S/C83H134O5/c1-3-5-7-9-11-13-15-17-19-21-23-25-27-29-31-33-35-37-39-40-41-42-44-46-48-50-52-54-56-58-60-62-64-66-68-70-72-74-76-78-83(86)88-81(79-84)80-87-82(85)77-75-73-71-69-67-65-63-61-59-57-55-53-51-49-47-45-43-38-36-34-32-30-28-26-24-22-20-18-16-14-12-10-8-6-4-2/h5-8,11-14,17-20,23-26,29,31,35,37,40-41,44,46,50,52,56,58,62,64,81,84H,3-4,9-10,15-16,21-22,27-28,30,32-34,36,38-39,42-43,45,47-49,51,53-55,57,59-61,63,65-80H2,1-2H3/b7-5-,8-6-,13-11-,14-12-,19-17-,20-18-,25-23-,26-24-,31-29-,37-35-,41-40-,46-44-,52-50-,58-56-,64-62-. The highest BCUT2D eigenvalue weighted by molar-refractivity contribution is 5.70. The lowest BCUT2D eigenvalue weighted by Crippen LogP contribution is -2.28. The molecule has 5 nitrogen and oxygen atoms in total. The second-order valence-corrected chi connectivity index (χ2v) is 23.6. The van der Waals surface area contributed by atoms with E-state index in [0.717, 1.165) is 154 Å². The Morgan fingerprint density at radius 2 is 0.455 bits per heavy atom. The van der Waals surface area contributed by atoms with E-state index in [4.69, 9.17) is 9.47 Å². The highest BCUT2D eigenvalue weighted by atomic mass is 16.6. The van der Waals surface area contributed by atoms with Crippen LogP contribution in [0.3, 0.4) is 0 Å². The molecule has 0 aliphatic heterocycles. The number of allylic oxidation sites excluding steroid dienone is 30. The maximum absolute atomic E-state index is 12.4. The molecule has 1 atom stereocenters. The van der Waals surface area contributed by atoms with Crippen LogP contribution in [0, 0.1) is 0 Å². The highest BCUT2D eigenvalue weighted by Gasteiger charge is 2.16. The van der Waals surface area contributed by atoms with Crippen molar-refractivity contribution in [2.75, 3.05) is 13.2 Å². The monoisotopic (exact) mass is 1210 g/mol. The van der Waals surface area contributed by atoms with Crippen LogP contribution >= 0.6 is 0 Å². The average Bonchev–Trinajstić information content (AvgIpc) is 3.54. The summed E-state index contributed by atoms with van der Waals surface area (Å²) in [5.41, 5.74) is 0. The SMILES string of the molecule is CC/C=C\C/C=C\C/C=C\C/C=C\C/C=C\C/C=C\C/C=C\C/C=C\C/C=C\C/C=C\C/C=C\CCCCCCCC(=O)OC(CO)COC(=O)CCCCCCCCCCCCCCCCCCCCCCCC/C=C\C/C=C\C/C=C\C/C=C\CC. The summed E-state index contributed by atoms with van der Waals surface area (Å²) < 4.78 is 10.7. The first-order chi connectivity index (χ1) is 43.6. The smallest absolute Gasteiger partial charge is 0.306 e. The lowest BCUT2D eigenvalue weighted by Gasteiger charge is -2.15. The molecule has 0 aliphatic rings. The molecule has 0 aromatic heterocycles. The van der Waals surface area contributed by atoms with Gasteiger partial charge in [-0.05, 0) is 135 Å². The van der Waals surface area contributed by atoms with Crippen LogP contribution in [0.2, 0.25) is 0 Å². The van der Waals surface area contributed by atoms with E-state index >= 15 is 0 Å². The lowest BCUT2D eigenvalue weighted by atomic mass is 10.0. The minimum Gasteiger partial charge on any atom is -0.462 e. The summed E-state index contributed by atoms with van der Waals surface area (Å²) >= 11 is 0. The molecule has 0 radical (unpaired) electrons.